The van der Waals surface area contributed by atoms with Gasteiger partial charge in [-0.05, 0) is 65.6 Å². The summed E-state index contributed by atoms with van der Waals surface area (Å²) >= 11 is 1.18. The highest BCUT2D eigenvalue weighted by Gasteiger charge is 2.40. The molecular formula is C35H30N4O6S. The average molecular weight is 635 g/mol. The van der Waals surface area contributed by atoms with Crippen molar-refractivity contribution in [3.63, 3.8) is 0 Å². The number of nitro benzene ring substituents is 1. The van der Waals surface area contributed by atoms with Crippen molar-refractivity contribution in [2.24, 2.45) is 0 Å². The van der Waals surface area contributed by atoms with Gasteiger partial charge in [0.25, 0.3) is 17.5 Å². The Morgan fingerprint density at radius 3 is 2.28 bits per heavy atom. The van der Waals surface area contributed by atoms with Crippen LogP contribution >= 0.6 is 11.8 Å². The maximum absolute atomic E-state index is 13.5. The third-order valence-electron chi connectivity index (χ3n) is 7.24. The molecule has 1 fully saturated rings. The Balaban J connectivity index is 1.32. The molecule has 0 unspecified atom stereocenters. The van der Waals surface area contributed by atoms with E-state index >= 15 is 0 Å². The molecule has 46 heavy (non-hydrogen) atoms. The first-order chi connectivity index (χ1) is 22.1. The second kappa shape index (κ2) is 14.0. The molecule has 5 rings (SSSR count). The van der Waals surface area contributed by atoms with Crippen LogP contribution in [0.5, 0.6) is 0 Å². The lowest BCUT2D eigenvalue weighted by Crippen LogP contribution is -2.31. The summed E-state index contributed by atoms with van der Waals surface area (Å²) in [6.07, 6.45) is 1.56. The number of rotatable bonds is 10. The number of benzene rings is 4. The maximum Gasteiger partial charge on any atom is 0.272 e. The van der Waals surface area contributed by atoms with Crippen LogP contribution in [0, 0.1) is 10.1 Å². The highest BCUT2D eigenvalue weighted by Crippen LogP contribution is 2.35. The van der Waals surface area contributed by atoms with E-state index in [0.29, 0.717) is 22.1 Å². The normalized spacial score (nSPS) is 14.8. The number of carbonyl (C=O) groups is 4. The maximum atomic E-state index is 13.5. The van der Waals surface area contributed by atoms with E-state index in [-0.39, 0.29) is 23.5 Å². The summed E-state index contributed by atoms with van der Waals surface area (Å²) in [5.74, 6) is -1.49. The molecule has 1 aliphatic heterocycles. The Morgan fingerprint density at radius 1 is 0.935 bits per heavy atom. The molecule has 0 saturated carbocycles. The molecule has 2 N–H and O–H groups in total. The standard InChI is InChI=1S/C35H30N4O6S/c1-22(2)24-13-11-23(12-14-24)19-30(37-33(41)25-7-4-3-5-8-25)34(42)36-26-9-6-10-29(20-26)46-31-21-32(40)38(35(31)43)27-15-17-28(18-16-27)39(44)45/h3-20,22,31H,21H2,1-2H3,(H,36,42)(H,37,41)/b30-19-/t31-/m1/s1. The average Bonchev–Trinajstić information content (AvgIpc) is 3.33. The Morgan fingerprint density at radius 2 is 1.63 bits per heavy atom. The van der Waals surface area contributed by atoms with Gasteiger partial charge >= 0.3 is 0 Å². The molecule has 0 spiro atoms. The van der Waals surface area contributed by atoms with Gasteiger partial charge in [-0.25, -0.2) is 4.90 Å². The zero-order valence-electron chi connectivity index (χ0n) is 25.0. The summed E-state index contributed by atoms with van der Waals surface area (Å²) in [5.41, 5.74) is 2.86. The molecule has 4 aromatic rings. The van der Waals surface area contributed by atoms with E-state index in [1.165, 1.54) is 36.0 Å². The first kappa shape index (κ1) is 31.9. The molecule has 1 aliphatic rings. The van der Waals surface area contributed by atoms with Crippen LogP contribution in [-0.2, 0) is 14.4 Å². The quantitative estimate of drug-likeness (QED) is 0.0873. The second-order valence-corrected chi connectivity index (χ2v) is 12.1. The van der Waals surface area contributed by atoms with Crippen LogP contribution in [0.4, 0.5) is 17.1 Å². The zero-order chi connectivity index (χ0) is 32.8. The molecule has 1 heterocycles. The first-order valence-electron chi connectivity index (χ1n) is 14.5. The molecule has 1 saturated heterocycles. The summed E-state index contributed by atoms with van der Waals surface area (Å²) in [6, 6.07) is 28.4. The predicted octanol–water partition coefficient (Wildman–Crippen LogP) is 6.55. The van der Waals surface area contributed by atoms with Crippen molar-refractivity contribution in [1.29, 1.82) is 0 Å². The lowest BCUT2D eigenvalue weighted by atomic mass is 10.0. The van der Waals surface area contributed by atoms with E-state index in [2.05, 4.69) is 24.5 Å². The largest absolute Gasteiger partial charge is 0.321 e. The number of amides is 4. The topological polar surface area (TPSA) is 139 Å². The van der Waals surface area contributed by atoms with Crippen molar-refractivity contribution in [2.75, 3.05) is 10.2 Å². The predicted molar refractivity (Wildman–Crippen MR) is 177 cm³/mol. The van der Waals surface area contributed by atoms with E-state index in [9.17, 15) is 29.3 Å². The van der Waals surface area contributed by atoms with Crippen LogP contribution < -0.4 is 15.5 Å². The molecular weight excluding hydrogens is 604 g/mol. The second-order valence-electron chi connectivity index (χ2n) is 10.8. The van der Waals surface area contributed by atoms with E-state index < -0.39 is 33.8 Å². The number of hydrogen-bond acceptors (Lipinski definition) is 7. The van der Waals surface area contributed by atoms with E-state index in [0.717, 1.165) is 16.0 Å². The van der Waals surface area contributed by atoms with Crippen molar-refractivity contribution >= 4 is 58.5 Å². The number of carbonyl (C=O) groups excluding carboxylic acids is 4. The molecule has 0 radical (unpaired) electrons. The minimum atomic E-state index is -0.719. The zero-order valence-corrected chi connectivity index (χ0v) is 25.8. The van der Waals surface area contributed by atoms with Crippen molar-refractivity contribution in [3.05, 3.63) is 136 Å². The Hall–Kier alpha value is -5.55. The SMILES string of the molecule is CC(C)c1ccc(/C=C(\NC(=O)c2ccccc2)C(=O)Nc2cccc(S[C@@H]3CC(=O)N(c4ccc([N+](=O)[O-])cc4)C3=O)c2)cc1. The van der Waals surface area contributed by atoms with Crippen LogP contribution in [0.1, 0.15) is 47.7 Å². The van der Waals surface area contributed by atoms with Gasteiger partial charge in [-0.15, -0.1) is 11.8 Å². The molecule has 232 valence electrons. The van der Waals surface area contributed by atoms with Gasteiger partial charge in [0.2, 0.25) is 11.8 Å². The molecule has 1 atom stereocenters. The number of imide groups is 1. The fraction of sp³-hybridized carbons (Fsp3) is 0.143. The summed E-state index contributed by atoms with van der Waals surface area (Å²) in [6.45, 7) is 4.18. The van der Waals surface area contributed by atoms with Gasteiger partial charge < -0.3 is 10.6 Å². The molecule has 11 heteroatoms. The molecule has 0 aliphatic carbocycles. The number of non-ortho nitro benzene ring substituents is 1. The number of nitro groups is 1. The molecule has 10 nitrogen and oxygen atoms in total. The van der Waals surface area contributed by atoms with Gasteiger partial charge in [0.1, 0.15) is 5.70 Å². The van der Waals surface area contributed by atoms with Crippen LogP contribution in [0.15, 0.2) is 114 Å². The van der Waals surface area contributed by atoms with Crippen molar-refractivity contribution < 1.29 is 24.1 Å². The van der Waals surface area contributed by atoms with E-state index in [1.54, 1.807) is 60.7 Å². The number of anilines is 2. The van der Waals surface area contributed by atoms with E-state index in [4.69, 9.17) is 0 Å². The van der Waals surface area contributed by atoms with Gasteiger partial charge in [0, 0.05) is 34.7 Å². The lowest BCUT2D eigenvalue weighted by Gasteiger charge is -2.15. The molecule has 4 aromatic carbocycles. The summed E-state index contributed by atoms with van der Waals surface area (Å²) in [5, 5.41) is 15.8. The van der Waals surface area contributed by atoms with Crippen molar-refractivity contribution in [2.45, 2.75) is 36.3 Å². The molecule has 0 bridgehead atoms. The number of hydrogen-bond donors (Lipinski definition) is 2. The van der Waals surface area contributed by atoms with Crippen LogP contribution in [0.3, 0.4) is 0 Å². The summed E-state index contributed by atoms with van der Waals surface area (Å²) < 4.78 is 0. The van der Waals surface area contributed by atoms with Gasteiger partial charge in [0.15, 0.2) is 0 Å². The van der Waals surface area contributed by atoms with Crippen LogP contribution in [-0.4, -0.2) is 33.8 Å². The van der Waals surface area contributed by atoms with Gasteiger partial charge in [-0.3, -0.25) is 29.3 Å². The fourth-order valence-corrected chi connectivity index (χ4v) is 5.90. The monoisotopic (exact) mass is 634 g/mol. The summed E-state index contributed by atoms with van der Waals surface area (Å²) in [4.78, 5) is 64.5. The third-order valence-corrected chi connectivity index (χ3v) is 8.42. The summed E-state index contributed by atoms with van der Waals surface area (Å²) in [7, 11) is 0. The fourth-order valence-electron chi connectivity index (χ4n) is 4.79. The third kappa shape index (κ3) is 7.56. The molecule has 4 amide bonds. The number of nitrogens with one attached hydrogen (secondary N) is 2. The lowest BCUT2D eigenvalue weighted by molar-refractivity contribution is -0.384. The van der Waals surface area contributed by atoms with Gasteiger partial charge in [0.05, 0.1) is 15.9 Å². The van der Waals surface area contributed by atoms with Gasteiger partial charge in [-0.1, -0.05) is 62.4 Å². The smallest absolute Gasteiger partial charge is 0.272 e. The minimum Gasteiger partial charge on any atom is -0.321 e. The Labute approximate surface area is 269 Å². The van der Waals surface area contributed by atoms with E-state index in [1.807, 2.05) is 24.3 Å². The number of nitrogens with zero attached hydrogens (tertiary/aromatic N) is 2. The van der Waals surface area contributed by atoms with Crippen molar-refractivity contribution in [3.8, 4) is 0 Å². The Bertz CT molecular complexity index is 1820. The Kier molecular flexibility index (Phi) is 9.73. The highest BCUT2D eigenvalue weighted by molar-refractivity contribution is 8.00. The van der Waals surface area contributed by atoms with Gasteiger partial charge in [-0.2, -0.15) is 0 Å². The first-order valence-corrected chi connectivity index (χ1v) is 15.3. The van der Waals surface area contributed by atoms with Crippen LogP contribution in [0.2, 0.25) is 0 Å². The van der Waals surface area contributed by atoms with Crippen molar-refractivity contribution in [1.82, 2.24) is 5.32 Å². The number of thioether (sulfide) groups is 1. The minimum absolute atomic E-state index is 0.0412. The molecule has 0 aromatic heterocycles. The highest BCUT2D eigenvalue weighted by atomic mass is 32.2. The van der Waals surface area contributed by atoms with Crippen LogP contribution in [0.25, 0.3) is 6.08 Å².